The van der Waals surface area contributed by atoms with Crippen LogP contribution in [0, 0.1) is 5.41 Å². The second-order valence-corrected chi connectivity index (χ2v) is 4.51. The molecule has 1 heterocycles. The Hall–Kier alpha value is -1.26. The lowest BCUT2D eigenvalue weighted by Crippen LogP contribution is -2.53. The van der Waals surface area contributed by atoms with Crippen LogP contribution < -0.4 is 0 Å². The Morgan fingerprint density at radius 3 is 2.76 bits per heavy atom. The van der Waals surface area contributed by atoms with Crippen LogP contribution in [-0.2, 0) is 14.3 Å². The first kappa shape index (κ1) is 13.8. The van der Waals surface area contributed by atoms with E-state index in [0.717, 1.165) is 12.8 Å². The highest BCUT2D eigenvalue weighted by molar-refractivity contribution is 5.80. The van der Waals surface area contributed by atoms with Crippen LogP contribution >= 0.6 is 0 Å². The molecule has 1 saturated heterocycles. The Morgan fingerprint density at radius 1 is 1.53 bits per heavy atom. The van der Waals surface area contributed by atoms with Crippen LogP contribution in [0.25, 0.3) is 0 Å². The van der Waals surface area contributed by atoms with E-state index < -0.39 is 5.41 Å². The van der Waals surface area contributed by atoms with Crippen LogP contribution in [-0.4, -0.2) is 43.8 Å². The number of hydrogen-bond donors (Lipinski definition) is 0. The molecular weight excluding hydrogens is 222 g/mol. The zero-order valence-corrected chi connectivity index (χ0v) is 10.8. The SMILES string of the molecule is CCCCC1(C(=O)OCC)COC(=O)N(C)C1. The van der Waals surface area contributed by atoms with Crippen molar-refractivity contribution in [2.24, 2.45) is 5.41 Å². The van der Waals surface area contributed by atoms with Gasteiger partial charge in [-0.3, -0.25) is 4.79 Å². The lowest BCUT2D eigenvalue weighted by atomic mass is 9.82. The fourth-order valence-corrected chi connectivity index (χ4v) is 2.05. The highest BCUT2D eigenvalue weighted by Gasteiger charge is 2.46. The minimum absolute atomic E-state index is 0.134. The van der Waals surface area contributed by atoms with E-state index in [9.17, 15) is 9.59 Å². The maximum atomic E-state index is 12.0. The quantitative estimate of drug-likeness (QED) is 0.691. The van der Waals surface area contributed by atoms with E-state index in [2.05, 4.69) is 6.92 Å². The third-order valence-corrected chi connectivity index (χ3v) is 3.04. The summed E-state index contributed by atoms with van der Waals surface area (Å²) in [5.41, 5.74) is -0.686. The maximum Gasteiger partial charge on any atom is 0.409 e. The predicted octanol–water partition coefficient (Wildman–Crippen LogP) is 1.81. The average Bonchev–Trinajstić information content (AvgIpc) is 2.31. The standard InChI is InChI=1S/C12H21NO4/c1-4-6-7-12(10(14)16-5-2)8-13(3)11(15)17-9-12/h4-9H2,1-3H3. The van der Waals surface area contributed by atoms with Crippen LogP contribution in [0.2, 0.25) is 0 Å². The summed E-state index contributed by atoms with van der Waals surface area (Å²) < 4.78 is 10.2. The molecule has 1 unspecified atom stereocenters. The monoisotopic (exact) mass is 243 g/mol. The molecule has 0 bridgehead atoms. The van der Waals surface area contributed by atoms with Gasteiger partial charge in [-0.05, 0) is 13.3 Å². The molecule has 5 nitrogen and oxygen atoms in total. The number of ether oxygens (including phenoxy) is 2. The van der Waals surface area contributed by atoms with Crippen molar-refractivity contribution in [2.45, 2.75) is 33.1 Å². The van der Waals surface area contributed by atoms with Crippen LogP contribution in [0.1, 0.15) is 33.1 Å². The van der Waals surface area contributed by atoms with E-state index in [1.54, 1.807) is 14.0 Å². The highest BCUT2D eigenvalue weighted by Crippen LogP contribution is 2.31. The Morgan fingerprint density at radius 2 is 2.24 bits per heavy atom. The summed E-state index contributed by atoms with van der Waals surface area (Å²) in [6.45, 7) is 4.71. The summed E-state index contributed by atoms with van der Waals surface area (Å²) in [5.74, 6) is -0.257. The summed E-state index contributed by atoms with van der Waals surface area (Å²) in [4.78, 5) is 24.8. The first-order valence-corrected chi connectivity index (χ1v) is 6.11. The maximum absolute atomic E-state index is 12.0. The summed E-state index contributed by atoms with van der Waals surface area (Å²) >= 11 is 0. The Bertz CT molecular complexity index is 292. The molecule has 0 saturated carbocycles. The summed E-state index contributed by atoms with van der Waals surface area (Å²) in [7, 11) is 1.64. The molecule has 0 radical (unpaired) electrons. The zero-order chi connectivity index (χ0) is 12.9. The molecule has 17 heavy (non-hydrogen) atoms. The zero-order valence-electron chi connectivity index (χ0n) is 10.8. The van der Waals surface area contributed by atoms with Gasteiger partial charge >= 0.3 is 12.1 Å². The van der Waals surface area contributed by atoms with E-state index in [0.29, 0.717) is 19.6 Å². The van der Waals surface area contributed by atoms with Crippen molar-refractivity contribution in [3.8, 4) is 0 Å². The van der Waals surface area contributed by atoms with Crippen molar-refractivity contribution in [3.05, 3.63) is 0 Å². The first-order chi connectivity index (χ1) is 8.05. The molecule has 1 amide bonds. The van der Waals surface area contributed by atoms with Gasteiger partial charge in [0.05, 0.1) is 6.61 Å². The van der Waals surface area contributed by atoms with Gasteiger partial charge in [-0.2, -0.15) is 0 Å². The van der Waals surface area contributed by atoms with Crippen molar-refractivity contribution in [3.63, 3.8) is 0 Å². The molecule has 1 aliphatic heterocycles. The molecule has 0 aromatic heterocycles. The third kappa shape index (κ3) is 3.11. The van der Waals surface area contributed by atoms with Gasteiger partial charge in [0, 0.05) is 13.6 Å². The number of amides is 1. The van der Waals surface area contributed by atoms with Crippen molar-refractivity contribution in [1.29, 1.82) is 0 Å². The Balaban J connectivity index is 2.78. The molecule has 0 aliphatic carbocycles. The predicted molar refractivity (Wildman–Crippen MR) is 62.6 cm³/mol. The summed E-state index contributed by atoms with van der Waals surface area (Å²) in [5, 5.41) is 0. The van der Waals surface area contributed by atoms with Gasteiger partial charge in [-0.1, -0.05) is 19.8 Å². The van der Waals surface area contributed by atoms with Gasteiger partial charge in [0.15, 0.2) is 0 Å². The van der Waals surface area contributed by atoms with Gasteiger partial charge in [0.25, 0.3) is 0 Å². The molecule has 1 aliphatic rings. The highest BCUT2D eigenvalue weighted by atomic mass is 16.6. The van der Waals surface area contributed by atoms with Crippen LogP contribution in [0.5, 0.6) is 0 Å². The number of nitrogens with zero attached hydrogens (tertiary/aromatic N) is 1. The van der Waals surface area contributed by atoms with E-state index in [4.69, 9.17) is 9.47 Å². The number of cyclic esters (lactones) is 1. The van der Waals surface area contributed by atoms with E-state index in [1.165, 1.54) is 4.90 Å². The largest absolute Gasteiger partial charge is 0.465 e. The van der Waals surface area contributed by atoms with Gasteiger partial charge in [-0.15, -0.1) is 0 Å². The van der Waals surface area contributed by atoms with Gasteiger partial charge < -0.3 is 14.4 Å². The van der Waals surface area contributed by atoms with Crippen LogP contribution in [0.4, 0.5) is 4.79 Å². The molecule has 0 spiro atoms. The van der Waals surface area contributed by atoms with Gasteiger partial charge in [-0.25, -0.2) is 4.79 Å². The van der Waals surface area contributed by atoms with Crippen molar-refractivity contribution in [2.75, 3.05) is 26.8 Å². The van der Waals surface area contributed by atoms with Crippen molar-refractivity contribution >= 4 is 12.1 Å². The first-order valence-electron chi connectivity index (χ1n) is 6.11. The number of carbonyl (C=O) groups is 2. The Kier molecular flexibility index (Phi) is 4.78. The summed E-state index contributed by atoms with van der Waals surface area (Å²) in [6, 6.07) is 0. The molecule has 98 valence electrons. The second-order valence-electron chi connectivity index (χ2n) is 4.51. The molecule has 1 fully saturated rings. The molecule has 0 aromatic rings. The van der Waals surface area contributed by atoms with Crippen molar-refractivity contribution in [1.82, 2.24) is 4.90 Å². The number of rotatable bonds is 5. The Labute approximate surface area is 102 Å². The fraction of sp³-hybridized carbons (Fsp3) is 0.833. The summed E-state index contributed by atoms with van der Waals surface area (Å²) in [6.07, 6.45) is 2.24. The lowest BCUT2D eigenvalue weighted by molar-refractivity contribution is -0.162. The minimum Gasteiger partial charge on any atom is -0.465 e. The second kappa shape index (κ2) is 5.89. The van der Waals surface area contributed by atoms with Gasteiger partial charge in [0.1, 0.15) is 12.0 Å². The topological polar surface area (TPSA) is 55.8 Å². The number of esters is 1. The molecule has 0 aromatic carbocycles. The van der Waals surface area contributed by atoms with E-state index in [1.807, 2.05) is 0 Å². The average molecular weight is 243 g/mol. The van der Waals surface area contributed by atoms with E-state index >= 15 is 0 Å². The molecule has 5 heteroatoms. The lowest BCUT2D eigenvalue weighted by Gasteiger charge is -2.38. The van der Waals surface area contributed by atoms with Crippen LogP contribution in [0.15, 0.2) is 0 Å². The normalized spacial score (nSPS) is 24.4. The molecule has 1 rings (SSSR count). The third-order valence-electron chi connectivity index (χ3n) is 3.04. The smallest absolute Gasteiger partial charge is 0.409 e. The molecular formula is C12H21NO4. The van der Waals surface area contributed by atoms with E-state index in [-0.39, 0.29) is 18.7 Å². The number of hydrogen-bond acceptors (Lipinski definition) is 4. The minimum atomic E-state index is -0.686. The van der Waals surface area contributed by atoms with Gasteiger partial charge in [0.2, 0.25) is 0 Å². The molecule has 0 N–H and O–H groups in total. The number of unbranched alkanes of at least 4 members (excludes halogenated alkanes) is 1. The van der Waals surface area contributed by atoms with Crippen molar-refractivity contribution < 1.29 is 19.1 Å². The fourth-order valence-electron chi connectivity index (χ4n) is 2.05. The van der Waals surface area contributed by atoms with Crippen LogP contribution in [0.3, 0.4) is 0 Å². The number of carbonyl (C=O) groups excluding carboxylic acids is 2. The molecule has 1 atom stereocenters.